The smallest absolute Gasteiger partial charge is 0.142 e. The highest BCUT2D eigenvalue weighted by molar-refractivity contribution is 5.45. The summed E-state index contributed by atoms with van der Waals surface area (Å²) in [4.78, 5) is 0. The monoisotopic (exact) mass is 352 g/mol. The Kier molecular flexibility index (Phi) is 6.09. The molecule has 1 aliphatic carbocycles. The van der Waals surface area contributed by atoms with Crippen molar-refractivity contribution in [3.8, 4) is 11.8 Å². The highest BCUT2D eigenvalue weighted by Gasteiger charge is 2.23. The fourth-order valence-electron chi connectivity index (χ4n) is 3.91. The minimum Gasteiger partial charge on any atom is -0.206 e. The Hall–Kier alpha value is -2.14. The van der Waals surface area contributed by atoms with E-state index >= 15 is 0 Å². The van der Waals surface area contributed by atoms with Gasteiger partial charge in [-0.15, -0.1) is 0 Å². The van der Waals surface area contributed by atoms with E-state index in [0.717, 1.165) is 48.3 Å². The third-order valence-electron chi connectivity index (χ3n) is 5.46. The second-order valence-electron chi connectivity index (χ2n) is 7.48. The maximum absolute atomic E-state index is 14.5. The molecule has 0 atom stereocenters. The molecule has 2 heteroatoms. The van der Waals surface area contributed by atoms with Gasteiger partial charge in [0.1, 0.15) is 11.6 Å². The van der Waals surface area contributed by atoms with Crippen molar-refractivity contribution in [3.63, 3.8) is 0 Å². The lowest BCUT2D eigenvalue weighted by Crippen LogP contribution is -2.13. The molecule has 2 aromatic carbocycles. The van der Waals surface area contributed by atoms with Crippen molar-refractivity contribution in [2.45, 2.75) is 58.3 Å². The molecule has 0 unspecified atom stereocenters. The van der Waals surface area contributed by atoms with Gasteiger partial charge in [0.15, 0.2) is 0 Å². The Labute approximate surface area is 155 Å². The third kappa shape index (κ3) is 4.52. The fourth-order valence-corrected chi connectivity index (χ4v) is 3.91. The van der Waals surface area contributed by atoms with Crippen molar-refractivity contribution in [1.29, 1.82) is 0 Å². The van der Waals surface area contributed by atoms with Crippen LogP contribution in [0.2, 0.25) is 0 Å². The van der Waals surface area contributed by atoms with E-state index in [-0.39, 0.29) is 11.5 Å². The third-order valence-corrected chi connectivity index (χ3v) is 5.46. The molecule has 0 heterocycles. The first-order chi connectivity index (χ1) is 12.6. The summed E-state index contributed by atoms with van der Waals surface area (Å²) in [6.07, 6.45) is 6.86. The quantitative estimate of drug-likeness (QED) is 0.536. The first-order valence-corrected chi connectivity index (χ1v) is 9.64. The van der Waals surface area contributed by atoms with E-state index in [4.69, 9.17) is 0 Å². The standard InChI is InChI=1S/C24H26F2/c1-3-4-18-9-12-20(13-10-18)21-15-23(25)22(24(26)16-21)14-11-19-7-5-17(2)6-8-19/h5-8,15-16,18,20H,3-4,9-10,12-13H2,1-2H3. The average Bonchev–Trinajstić information content (AvgIpc) is 2.63. The molecule has 2 aromatic rings. The van der Waals surface area contributed by atoms with Gasteiger partial charge in [0, 0.05) is 5.56 Å². The minimum atomic E-state index is -0.546. The molecule has 0 saturated heterocycles. The van der Waals surface area contributed by atoms with Crippen LogP contribution in [0.25, 0.3) is 0 Å². The lowest BCUT2D eigenvalue weighted by atomic mass is 9.77. The van der Waals surface area contributed by atoms with Crippen LogP contribution in [0.15, 0.2) is 36.4 Å². The van der Waals surface area contributed by atoms with Crippen LogP contribution in [0.5, 0.6) is 0 Å². The predicted molar refractivity (Wildman–Crippen MR) is 103 cm³/mol. The van der Waals surface area contributed by atoms with E-state index in [1.165, 1.54) is 25.0 Å². The Morgan fingerprint density at radius 2 is 1.54 bits per heavy atom. The summed E-state index contributed by atoms with van der Waals surface area (Å²) in [5.41, 5.74) is 2.54. The van der Waals surface area contributed by atoms with Gasteiger partial charge in [-0.05, 0) is 74.3 Å². The van der Waals surface area contributed by atoms with Crippen molar-refractivity contribution in [2.24, 2.45) is 5.92 Å². The second-order valence-corrected chi connectivity index (χ2v) is 7.48. The van der Waals surface area contributed by atoms with Gasteiger partial charge in [-0.1, -0.05) is 49.3 Å². The van der Waals surface area contributed by atoms with Gasteiger partial charge in [-0.3, -0.25) is 0 Å². The number of aryl methyl sites for hydroxylation is 1. The molecule has 136 valence electrons. The molecule has 0 amide bonds. The molecule has 0 N–H and O–H groups in total. The van der Waals surface area contributed by atoms with Gasteiger partial charge in [0.25, 0.3) is 0 Å². The van der Waals surface area contributed by atoms with Gasteiger partial charge in [-0.25, -0.2) is 8.78 Å². The van der Waals surface area contributed by atoms with Crippen molar-refractivity contribution >= 4 is 0 Å². The van der Waals surface area contributed by atoms with E-state index in [9.17, 15) is 8.78 Å². The lowest BCUT2D eigenvalue weighted by Gasteiger charge is -2.28. The van der Waals surface area contributed by atoms with Crippen LogP contribution in [0.1, 0.15) is 73.6 Å². The van der Waals surface area contributed by atoms with Crippen LogP contribution in [0.3, 0.4) is 0 Å². The normalized spacial score (nSPS) is 19.7. The zero-order valence-electron chi connectivity index (χ0n) is 15.6. The Morgan fingerprint density at radius 3 is 2.12 bits per heavy atom. The van der Waals surface area contributed by atoms with E-state index in [2.05, 4.69) is 18.8 Å². The SMILES string of the molecule is CCCC1CCC(c2cc(F)c(C#Cc3ccc(C)cc3)c(F)c2)CC1. The fraction of sp³-hybridized carbons (Fsp3) is 0.417. The first kappa shape index (κ1) is 18.6. The minimum absolute atomic E-state index is 0.131. The summed E-state index contributed by atoms with van der Waals surface area (Å²) in [5, 5.41) is 0. The summed E-state index contributed by atoms with van der Waals surface area (Å²) < 4.78 is 29.0. The zero-order chi connectivity index (χ0) is 18.5. The summed E-state index contributed by atoms with van der Waals surface area (Å²) in [7, 11) is 0. The molecular weight excluding hydrogens is 326 g/mol. The second kappa shape index (κ2) is 8.49. The lowest BCUT2D eigenvalue weighted by molar-refractivity contribution is 0.307. The van der Waals surface area contributed by atoms with E-state index in [1.54, 1.807) is 0 Å². The van der Waals surface area contributed by atoms with Crippen molar-refractivity contribution < 1.29 is 8.78 Å². The summed E-state index contributed by atoms with van der Waals surface area (Å²) in [6.45, 7) is 4.21. The van der Waals surface area contributed by atoms with Crippen LogP contribution in [-0.4, -0.2) is 0 Å². The topological polar surface area (TPSA) is 0 Å². The molecule has 0 radical (unpaired) electrons. The van der Waals surface area contributed by atoms with Gasteiger partial charge < -0.3 is 0 Å². The van der Waals surface area contributed by atoms with Crippen LogP contribution in [0.4, 0.5) is 8.78 Å². The molecule has 1 saturated carbocycles. The largest absolute Gasteiger partial charge is 0.206 e. The molecule has 26 heavy (non-hydrogen) atoms. The van der Waals surface area contributed by atoms with Crippen molar-refractivity contribution in [1.82, 2.24) is 0 Å². The van der Waals surface area contributed by atoms with E-state index in [1.807, 2.05) is 31.2 Å². The average molecular weight is 352 g/mol. The van der Waals surface area contributed by atoms with Crippen LogP contribution in [-0.2, 0) is 0 Å². The molecule has 0 nitrogen and oxygen atoms in total. The first-order valence-electron chi connectivity index (χ1n) is 9.64. The highest BCUT2D eigenvalue weighted by Crippen LogP contribution is 2.38. The molecule has 1 fully saturated rings. The highest BCUT2D eigenvalue weighted by atomic mass is 19.1. The van der Waals surface area contributed by atoms with Crippen LogP contribution < -0.4 is 0 Å². The Morgan fingerprint density at radius 1 is 0.923 bits per heavy atom. The molecule has 0 aliphatic heterocycles. The molecule has 0 aromatic heterocycles. The van der Waals surface area contributed by atoms with E-state index in [0.29, 0.717) is 0 Å². The molecule has 0 bridgehead atoms. The molecule has 0 spiro atoms. The Balaban J connectivity index is 1.76. The number of benzene rings is 2. The number of hydrogen-bond donors (Lipinski definition) is 0. The van der Waals surface area contributed by atoms with Crippen LogP contribution in [0, 0.1) is 36.3 Å². The maximum Gasteiger partial charge on any atom is 0.142 e. The molecule has 1 aliphatic rings. The summed E-state index contributed by atoms with van der Waals surface area (Å²) in [5.74, 6) is 5.49. The van der Waals surface area contributed by atoms with Gasteiger partial charge in [0.2, 0.25) is 0 Å². The van der Waals surface area contributed by atoms with Crippen molar-refractivity contribution in [3.05, 3.63) is 70.3 Å². The Bertz CT molecular complexity index is 777. The van der Waals surface area contributed by atoms with Gasteiger partial charge >= 0.3 is 0 Å². The number of hydrogen-bond acceptors (Lipinski definition) is 0. The maximum atomic E-state index is 14.5. The molecule has 3 rings (SSSR count). The van der Waals surface area contributed by atoms with Crippen molar-refractivity contribution in [2.75, 3.05) is 0 Å². The van der Waals surface area contributed by atoms with Gasteiger partial charge in [0.05, 0.1) is 5.56 Å². The van der Waals surface area contributed by atoms with Gasteiger partial charge in [-0.2, -0.15) is 0 Å². The zero-order valence-corrected chi connectivity index (χ0v) is 15.6. The molecular formula is C24H26F2. The summed E-state index contributed by atoms with van der Waals surface area (Å²) in [6, 6.07) is 10.6. The van der Waals surface area contributed by atoms with Crippen LogP contribution >= 0.6 is 0 Å². The number of halogens is 2. The van der Waals surface area contributed by atoms with E-state index < -0.39 is 11.6 Å². The summed E-state index contributed by atoms with van der Waals surface area (Å²) >= 11 is 0. The number of rotatable bonds is 3. The predicted octanol–water partition coefficient (Wildman–Crippen LogP) is 6.75.